The highest BCUT2D eigenvalue weighted by molar-refractivity contribution is 7.22. The maximum Gasteiger partial charge on any atom is 0.179 e. The zero-order valence-corrected chi connectivity index (χ0v) is 47.8. The van der Waals surface area contributed by atoms with Crippen molar-refractivity contribution in [2.75, 3.05) is 0 Å². The Balaban J connectivity index is 1.15. The minimum absolute atomic E-state index is 0.610. The Labute approximate surface area is 478 Å². The Morgan fingerprint density at radius 1 is 0.148 bits per heavy atom. The van der Waals surface area contributed by atoms with Crippen LogP contribution in [0.25, 0.3) is 34.2 Å². The van der Waals surface area contributed by atoms with Gasteiger partial charge in [0.1, 0.15) is 0 Å². The highest BCUT2D eigenvalue weighted by atomic mass is 28.3. The maximum atomic E-state index is 5.75. The molecule has 6 heteroatoms. The Morgan fingerprint density at radius 2 is 0.346 bits per heavy atom. The smallest absolute Gasteiger partial charge is 0.179 e. The minimum atomic E-state index is -3.20. The van der Waals surface area contributed by atoms with E-state index in [2.05, 4.69) is 346 Å². The zero-order valence-electron chi connectivity index (χ0n) is 44.8. The number of aromatic nitrogens is 3. The molecule has 0 N–H and O–H groups in total. The molecule has 0 saturated heterocycles. The molecule has 1 heterocycles. The molecule has 0 unspecified atom stereocenters. The van der Waals surface area contributed by atoms with Crippen LogP contribution in [0.3, 0.4) is 0 Å². The highest BCUT2D eigenvalue weighted by Crippen LogP contribution is 2.27. The van der Waals surface area contributed by atoms with Gasteiger partial charge in [0, 0.05) is 16.7 Å². The summed E-state index contributed by atoms with van der Waals surface area (Å²) in [4.78, 5) is 16.8. The van der Waals surface area contributed by atoms with Gasteiger partial charge in [-0.05, 0) is 62.2 Å². The average molecular weight is 1080 g/mol. The lowest BCUT2D eigenvalue weighted by Gasteiger charge is -2.38. The van der Waals surface area contributed by atoms with Crippen LogP contribution < -0.4 is 62.2 Å². The SMILES string of the molecule is c1ccc(-c2nc(-c3cccc([Si](c4ccccc4)(c4ccccc4)c4ccccc4)c3)nc(-c3cc([Si](c4ccccc4)(c4ccccc4)c4ccccc4)cc([Si](c4ccccc4)(c4ccccc4)c4ccccc4)c3)n2)cc1. The van der Waals surface area contributed by atoms with Crippen LogP contribution in [0.5, 0.6) is 0 Å². The molecule has 0 bridgehead atoms. The second-order valence-electron chi connectivity index (χ2n) is 20.6. The van der Waals surface area contributed by atoms with E-state index in [0.717, 1.165) is 16.7 Å². The molecule has 0 aliphatic heterocycles. The van der Waals surface area contributed by atoms with Crippen LogP contribution in [0.2, 0.25) is 0 Å². The minimum Gasteiger partial charge on any atom is -0.208 e. The lowest BCUT2D eigenvalue weighted by atomic mass is 10.1. The van der Waals surface area contributed by atoms with Gasteiger partial charge < -0.3 is 0 Å². The molecule has 1 aromatic heterocycles. The number of benzene rings is 12. The van der Waals surface area contributed by atoms with E-state index in [1.807, 2.05) is 0 Å². The third-order valence-corrected chi connectivity index (χ3v) is 30.4. The molecule has 0 radical (unpaired) electrons. The van der Waals surface area contributed by atoms with Crippen LogP contribution in [-0.2, 0) is 0 Å². The van der Waals surface area contributed by atoms with E-state index in [1.54, 1.807) is 0 Å². The van der Waals surface area contributed by atoms with E-state index in [-0.39, 0.29) is 0 Å². The molecule has 384 valence electrons. The summed E-state index contributed by atoms with van der Waals surface area (Å²) in [5, 5.41) is 15.4. The Bertz CT molecular complexity index is 3750. The largest absolute Gasteiger partial charge is 0.208 e. The molecular formula is C75H57N3Si3. The quantitative estimate of drug-likeness (QED) is 0.0761. The van der Waals surface area contributed by atoms with Crippen LogP contribution in [-0.4, -0.2) is 39.2 Å². The van der Waals surface area contributed by atoms with Crippen molar-refractivity contribution in [3.8, 4) is 34.2 Å². The van der Waals surface area contributed by atoms with Crippen molar-refractivity contribution in [1.29, 1.82) is 0 Å². The number of rotatable bonds is 15. The van der Waals surface area contributed by atoms with E-state index >= 15 is 0 Å². The van der Waals surface area contributed by atoms with Gasteiger partial charge in [-0.2, -0.15) is 0 Å². The van der Waals surface area contributed by atoms with Crippen molar-refractivity contribution in [3.05, 3.63) is 346 Å². The van der Waals surface area contributed by atoms with Gasteiger partial charge in [0.2, 0.25) is 0 Å². The summed E-state index contributed by atoms with van der Waals surface area (Å²) in [6.45, 7) is 0. The second-order valence-corrected chi connectivity index (χ2v) is 32.0. The molecule has 13 rings (SSSR count). The topological polar surface area (TPSA) is 38.7 Å². The summed E-state index contributed by atoms with van der Waals surface area (Å²) in [5.74, 6) is 1.83. The fourth-order valence-electron chi connectivity index (χ4n) is 12.6. The van der Waals surface area contributed by atoms with Gasteiger partial charge in [-0.3, -0.25) is 0 Å². The summed E-state index contributed by atoms with van der Waals surface area (Å²) in [5.41, 5.74) is 2.77. The summed E-state index contributed by atoms with van der Waals surface area (Å²) in [6, 6.07) is 128. The van der Waals surface area contributed by atoms with E-state index in [9.17, 15) is 0 Å². The first-order chi connectivity index (χ1) is 40.2. The first-order valence-corrected chi connectivity index (χ1v) is 33.8. The molecule has 0 fully saturated rings. The molecular weight excluding hydrogens is 1030 g/mol. The summed E-state index contributed by atoms with van der Waals surface area (Å²) in [7, 11) is -9.34. The van der Waals surface area contributed by atoms with Crippen LogP contribution in [0.1, 0.15) is 0 Å². The van der Waals surface area contributed by atoms with Crippen molar-refractivity contribution < 1.29 is 0 Å². The van der Waals surface area contributed by atoms with Crippen LogP contribution >= 0.6 is 0 Å². The number of hydrogen-bond acceptors (Lipinski definition) is 3. The van der Waals surface area contributed by atoms with E-state index in [0.29, 0.717) is 17.5 Å². The van der Waals surface area contributed by atoms with Gasteiger partial charge >= 0.3 is 0 Å². The lowest BCUT2D eigenvalue weighted by Crippen LogP contribution is -2.78. The molecule has 0 amide bonds. The Kier molecular flexibility index (Phi) is 14.2. The van der Waals surface area contributed by atoms with Crippen molar-refractivity contribution in [1.82, 2.24) is 15.0 Å². The summed E-state index contributed by atoms with van der Waals surface area (Å²) >= 11 is 0. The molecule has 13 aromatic rings. The van der Waals surface area contributed by atoms with Gasteiger partial charge in [-0.1, -0.05) is 346 Å². The predicted octanol–water partition coefficient (Wildman–Crippen LogP) is 9.00. The third-order valence-electron chi connectivity index (χ3n) is 16.1. The average Bonchev–Trinajstić information content (AvgIpc) is 3.75. The molecule has 0 aliphatic carbocycles. The van der Waals surface area contributed by atoms with Gasteiger partial charge in [0.15, 0.2) is 41.7 Å². The van der Waals surface area contributed by atoms with E-state index in [1.165, 1.54) is 62.2 Å². The van der Waals surface area contributed by atoms with Crippen molar-refractivity contribution in [2.45, 2.75) is 0 Å². The molecule has 0 spiro atoms. The molecule has 0 atom stereocenters. The Hall–Kier alpha value is -9.70. The second kappa shape index (κ2) is 22.6. The number of nitrogens with zero attached hydrogens (tertiary/aromatic N) is 3. The fraction of sp³-hybridized carbons (Fsp3) is 0. The maximum absolute atomic E-state index is 5.75. The van der Waals surface area contributed by atoms with Crippen molar-refractivity contribution in [2.24, 2.45) is 0 Å². The zero-order chi connectivity index (χ0) is 54.3. The number of hydrogen-bond donors (Lipinski definition) is 0. The lowest BCUT2D eigenvalue weighted by molar-refractivity contribution is 1.07. The molecule has 0 saturated carbocycles. The van der Waals surface area contributed by atoms with Gasteiger partial charge in [0.25, 0.3) is 0 Å². The fourth-order valence-corrected chi connectivity index (χ4v) is 27.2. The highest BCUT2D eigenvalue weighted by Gasteiger charge is 2.46. The summed E-state index contributed by atoms with van der Waals surface area (Å²) in [6.07, 6.45) is 0. The third kappa shape index (κ3) is 9.25. The molecule has 12 aromatic carbocycles. The first-order valence-electron chi connectivity index (χ1n) is 27.8. The van der Waals surface area contributed by atoms with Crippen LogP contribution in [0.4, 0.5) is 0 Å². The standard InChI is InChI=1S/C75H57N3Si3/c1-11-32-58(33-12-1)73-76-74(59-34-31-53-70(54-59)79(61-35-13-2-14-36-61,62-37-15-3-16-38-62)63-39-17-4-18-40-63)78-75(77-73)60-55-71(80(64-41-19-5-20-42-64,65-43-21-6-22-44-65)66-45-23-7-24-46-66)57-72(56-60)81(67-47-25-8-26-48-67,68-49-27-9-28-50-68)69-51-29-10-30-52-69/h1-57H. The molecule has 0 aliphatic rings. The molecule has 81 heavy (non-hydrogen) atoms. The van der Waals surface area contributed by atoms with Gasteiger partial charge in [0.05, 0.1) is 0 Å². The summed E-state index contributed by atoms with van der Waals surface area (Å²) < 4.78 is 0. The van der Waals surface area contributed by atoms with Gasteiger partial charge in [-0.15, -0.1) is 0 Å². The van der Waals surface area contributed by atoms with Crippen LogP contribution in [0, 0.1) is 0 Å². The van der Waals surface area contributed by atoms with Crippen molar-refractivity contribution in [3.63, 3.8) is 0 Å². The normalized spacial score (nSPS) is 11.7. The first kappa shape index (κ1) is 50.8. The van der Waals surface area contributed by atoms with Crippen LogP contribution in [0.15, 0.2) is 346 Å². The van der Waals surface area contributed by atoms with Crippen molar-refractivity contribution >= 4 is 86.5 Å². The predicted molar refractivity (Wildman–Crippen MR) is 347 cm³/mol. The van der Waals surface area contributed by atoms with E-state index in [4.69, 9.17) is 15.0 Å². The van der Waals surface area contributed by atoms with E-state index < -0.39 is 24.2 Å². The molecule has 3 nitrogen and oxygen atoms in total. The Morgan fingerprint density at radius 3 is 0.630 bits per heavy atom. The monoisotopic (exact) mass is 1080 g/mol. The van der Waals surface area contributed by atoms with Gasteiger partial charge in [-0.25, -0.2) is 15.0 Å².